The van der Waals surface area contributed by atoms with Crippen molar-refractivity contribution in [3.8, 4) is 5.75 Å². The Morgan fingerprint density at radius 2 is 1.94 bits per heavy atom. The molecular formula is C11H9BrF4O2. The summed E-state index contributed by atoms with van der Waals surface area (Å²) in [5.74, 6) is -1.19. The van der Waals surface area contributed by atoms with Gasteiger partial charge in [0.1, 0.15) is 5.75 Å². The Bertz CT molecular complexity index is 424. The number of hydrogen-bond donors (Lipinski definition) is 0. The first-order valence-electron chi connectivity index (χ1n) is 4.92. The number of halogens is 5. The van der Waals surface area contributed by atoms with E-state index in [1.54, 1.807) is 0 Å². The maximum absolute atomic E-state index is 12.7. The Morgan fingerprint density at radius 3 is 2.44 bits per heavy atom. The minimum atomic E-state index is -3.17. The van der Waals surface area contributed by atoms with E-state index in [4.69, 9.17) is 0 Å². The highest BCUT2D eigenvalue weighted by atomic mass is 79.9. The van der Waals surface area contributed by atoms with Crippen molar-refractivity contribution in [2.45, 2.75) is 19.5 Å². The smallest absolute Gasteiger partial charge is 0.387 e. The van der Waals surface area contributed by atoms with Crippen molar-refractivity contribution < 1.29 is 27.1 Å². The van der Waals surface area contributed by atoms with Crippen LogP contribution in [0.1, 0.15) is 28.8 Å². The van der Waals surface area contributed by atoms with Gasteiger partial charge in [0.05, 0.1) is 5.56 Å². The van der Waals surface area contributed by atoms with Gasteiger partial charge < -0.3 is 4.74 Å². The van der Waals surface area contributed by atoms with Crippen LogP contribution >= 0.6 is 15.9 Å². The number of alkyl halides is 5. The van der Waals surface area contributed by atoms with E-state index in [0.29, 0.717) is 0 Å². The molecule has 2 nitrogen and oxygen atoms in total. The summed E-state index contributed by atoms with van der Waals surface area (Å²) < 4.78 is 53.9. The lowest BCUT2D eigenvalue weighted by atomic mass is 10.0. The van der Waals surface area contributed by atoms with Gasteiger partial charge in [0.15, 0.2) is 5.78 Å². The van der Waals surface area contributed by atoms with Gasteiger partial charge in [-0.1, -0.05) is 28.1 Å². The number of benzene rings is 1. The maximum atomic E-state index is 12.7. The number of carbonyl (C=O) groups excluding carboxylic acids is 1. The molecule has 100 valence electrons. The molecule has 0 unspecified atom stereocenters. The van der Waals surface area contributed by atoms with Gasteiger partial charge in [-0.05, 0) is 6.07 Å². The minimum Gasteiger partial charge on any atom is -0.434 e. The van der Waals surface area contributed by atoms with E-state index in [-0.39, 0.29) is 11.8 Å². The zero-order valence-electron chi connectivity index (χ0n) is 9.01. The Kier molecular flexibility index (Phi) is 5.58. The van der Waals surface area contributed by atoms with Crippen LogP contribution < -0.4 is 4.74 Å². The molecule has 7 heteroatoms. The van der Waals surface area contributed by atoms with Crippen molar-refractivity contribution in [3.05, 3.63) is 29.3 Å². The van der Waals surface area contributed by atoms with Crippen LogP contribution in [0.3, 0.4) is 0 Å². The SMILES string of the molecule is O=C(CCBr)c1c(OC(F)F)cccc1C(F)F. The molecule has 0 bridgehead atoms. The predicted molar refractivity (Wildman–Crippen MR) is 60.8 cm³/mol. The molecule has 1 rings (SSSR count). The predicted octanol–water partition coefficient (Wildman–Crippen LogP) is 4.19. The highest BCUT2D eigenvalue weighted by molar-refractivity contribution is 9.09. The monoisotopic (exact) mass is 328 g/mol. The van der Waals surface area contributed by atoms with E-state index in [0.717, 1.165) is 18.2 Å². The number of ketones is 1. The average Bonchev–Trinajstić information content (AvgIpc) is 2.28. The normalized spacial score (nSPS) is 11.1. The van der Waals surface area contributed by atoms with E-state index in [1.165, 1.54) is 0 Å². The van der Waals surface area contributed by atoms with Crippen LogP contribution in [0.25, 0.3) is 0 Å². The fourth-order valence-corrected chi connectivity index (χ4v) is 1.79. The van der Waals surface area contributed by atoms with Crippen LogP contribution in [-0.2, 0) is 0 Å². The summed E-state index contributed by atoms with van der Waals surface area (Å²) in [7, 11) is 0. The summed E-state index contributed by atoms with van der Waals surface area (Å²) in [6.45, 7) is -3.17. The third-order valence-corrected chi connectivity index (χ3v) is 2.51. The molecule has 1 aromatic carbocycles. The molecule has 0 aliphatic heterocycles. The summed E-state index contributed by atoms with van der Waals surface area (Å²) in [6, 6.07) is 3.23. The zero-order valence-corrected chi connectivity index (χ0v) is 10.6. The minimum absolute atomic E-state index is 0.0800. The highest BCUT2D eigenvalue weighted by Crippen LogP contribution is 2.31. The van der Waals surface area contributed by atoms with E-state index in [9.17, 15) is 22.4 Å². The first-order chi connectivity index (χ1) is 8.47. The van der Waals surface area contributed by atoms with Crippen molar-refractivity contribution in [2.75, 3.05) is 5.33 Å². The molecule has 0 amide bonds. The van der Waals surface area contributed by atoms with Gasteiger partial charge in [0.2, 0.25) is 0 Å². The summed E-state index contributed by atoms with van der Waals surface area (Å²) in [5.41, 5.74) is -1.08. The van der Waals surface area contributed by atoms with Crippen LogP contribution in [0, 0.1) is 0 Å². The van der Waals surface area contributed by atoms with Gasteiger partial charge in [-0.3, -0.25) is 4.79 Å². The van der Waals surface area contributed by atoms with Crippen LogP contribution in [-0.4, -0.2) is 17.7 Å². The lowest BCUT2D eigenvalue weighted by Crippen LogP contribution is -2.11. The first kappa shape index (κ1) is 14.9. The molecule has 0 heterocycles. The van der Waals surface area contributed by atoms with E-state index < -0.39 is 35.7 Å². The van der Waals surface area contributed by atoms with Gasteiger partial charge in [0, 0.05) is 17.3 Å². The van der Waals surface area contributed by atoms with E-state index in [2.05, 4.69) is 20.7 Å². The molecule has 0 aliphatic carbocycles. The summed E-state index contributed by atoms with van der Waals surface area (Å²) >= 11 is 2.99. The number of Topliss-reactive ketones (excluding diaryl/α,β-unsaturated/α-hetero) is 1. The molecule has 0 saturated carbocycles. The molecule has 0 fully saturated rings. The fourth-order valence-electron chi connectivity index (χ4n) is 1.43. The quantitative estimate of drug-likeness (QED) is 0.444. The van der Waals surface area contributed by atoms with Crippen molar-refractivity contribution in [2.24, 2.45) is 0 Å². The van der Waals surface area contributed by atoms with Gasteiger partial charge in [-0.25, -0.2) is 8.78 Å². The Morgan fingerprint density at radius 1 is 1.28 bits per heavy atom. The third kappa shape index (κ3) is 3.69. The standard InChI is InChI=1S/C11H9BrF4O2/c12-5-4-7(17)9-6(10(13)14)2-1-3-8(9)18-11(15)16/h1-3,10-11H,4-5H2. The summed E-state index contributed by atoms with van der Waals surface area (Å²) in [5, 5.41) is 0.248. The molecule has 1 aromatic rings. The fraction of sp³-hybridized carbons (Fsp3) is 0.364. The number of rotatable bonds is 6. The molecule has 0 saturated heterocycles. The Balaban J connectivity index is 3.24. The van der Waals surface area contributed by atoms with E-state index >= 15 is 0 Å². The molecule has 0 atom stereocenters. The second-order valence-corrected chi connectivity index (χ2v) is 4.05. The number of carbonyl (C=O) groups is 1. The molecular weight excluding hydrogens is 320 g/mol. The second-order valence-electron chi connectivity index (χ2n) is 3.26. The van der Waals surface area contributed by atoms with Crippen LogP contribution in [0.5, 0.6) is 5.75 Å². The van der Waals surface area contributed by atoms with E-state index in [1.807, 2.05) is 0 Å². The van der Waals surface area contributed by atoms with Gasteiger partial charge in [-0.2, -0.15) is 8.78 Å². The van der Waals surface area contributed by atoms with Crippen LogP contribution in [0.15, 0.2) is 18.2 Å². The van der Waals surface area contributed by atoms with Crippen LogP contribution in [0.4, 0.5) is 17.6 Å². The lowest BCUT2D eigenvalue weighted by Gasteiger charge is -2.13. The van der Waals surface area contributed by atoms with Gasteiger partial charge in [-0.15, -0.1) is 0 Å². The zero-order chi connectivity index (χ0) is 13.7. The maximum Gasteiger partial charge on any atom is 0.387 e. The molecule has 0 aromatic heterocycles. The van der Waals surface area contributed by atoms with Crippen molar-refractivity contribution in [1.82, 2.24) is 0 Å². The highest BCUT2D eigenvalue weighted by Gasteiger charge is 2.23. The first-order valence-corrected chi connectivity index (χ1v) is 6.04. The van der Waals surface area contributed by atoms with Gasteiger partial charge >= 0.3 is 6.61 Å². The Hall–Kier alpha value is -1.11. The topological polar surface area (TPSA) is 26.3 Å². The molecule has 0 radical (unpaired) electrons. The number of ether oxygens (including phenoxy) is 1. The summed E-state index contributed by atoms with van der Waals surface area (Å²) in [4.78, 5) is 11.7. The largest absolute Gasteiger partial charge is 0.434 e. The van der Waals surface area contributed by atoms with Gasteiger partial charge in [0.25, 0.3) is 6.43 Å². The third-order valence-electron chi connectivity index (χ3n) is 2.11. The lowest BCUT2D eigenvalue weighted by molar-refractivity contribution is -0.0503. The van der Waals surface area contributed by atoms with Crippen molar-refractivity contribution in [3.63, 3.8) is 0 Å². The molecule has 0 aliphatic rings. The van der Waals surface area contributed by atoms with Crippen molar-refractivity contribution in [1.29, 1.82) is 0 Å². The summed E-state index contributed by atoms with van der Waals surface area (Å²) in [6.07, 6.45) is -3.01. The molecule has 18 heavy (non-hydrogen) atoms. The van der Waals surface area contributed by atoms with Crippen molar-refractivity contribution >= 4 is 21.7 Å². The average molecular weight is 329 g/mol. The van der Waals surface area contributed by atoms with Crippen LogP contribution in [0.2, 0.25) is 0 Å². The Labute approximate surface area is 109 Å². The molecule has 0 spiro atoms. The number of hydrogen-bond acceptors (Lipinski definition) is 2. The molecule has 0 N–H and O–H groups in total. The second kappa shape index (κ2) is 6.72.